The van der Waals surface area contributed by atoms with Crippen LogP contribution in [0.15, 0.2) is 46.1 Å². The molecular formula is C15H13N3O4. The summed E-state index contributed by atoms with van der Waals surface area (Å²) >= 11 is 0. The van der Waals surface area contributed by atoms with Crippen molar-refractivity contribution < 1.29 is 9.53 Å². The second-order valence-electron chi connectivity index (χ2n) is 4.61. The van der Waals surface area contributed by atoms with E-state index in [-0.39, 0.29) is 17.8 Å². The summed E-state index contributed by atoms with van der Waals surface area (Å²) < 4.78 is 6.22. The van der Waals surface area contributed by atoms with E-state index < -0.39 is 17.3 Å². The number of hydrogen-bond acceptors (Lipinski definition) is 4. The molecule has 0 aliphatic heterocycles. The highest BCUT2D eigenvalue weighted by Gasteiger charge is 2.21. The SMILES string of the molecule is CCOC(=O)c1cn2c(=O)[nH]c(=O)[nH]c2c1-c1ccccc1. The van der Waals surface area contributed by atoms with Gasteiger partial charge in [0.2, 0.25) is 0 Å². The summed E-state index contributed by atoms with van der Waals surface area (Å²) in [5.74, 6) is -0.551. The fourth-order valence-electron chi connectivity index (χ4n) is 2.35. The molecule has 112 valence electrons. The summed E-state index contributed by atoms with van der Waals surface area (Å²) in [7, 11) is 0. The number of nitrogens with zero attached hydrogens (tertiary/aromatic N) is 1. The van der Waals surface area contributed by atoms with Gasteiger partial charge in [-0.3, -0.25) is 14.4 Å². The van der Waals surface area contributed by atoms with Gasteiger partial charge in [0.1, 0.15) is 5.65 Å². The Morgan fingerprint density at radius 3 is 2.59 bits per heavy atom. The number of carbonyl (C=O) groups excluding carboxylic acids is 1. The zero-order valence-electron chi connectivity index (χ0n) is 11.8. The van der Waals surface area contributed by atoms with E-state index in [4.69, 9.17) is 4.74 Å². The highest BCUT2D eigenvalue weighted by Crippen LogP contribution is 2.28. The quantitative estimate of drug-likeness (QED) is 0.709. The van der Waals surface area contributed by atoms with Crippen LogP contribution in [0.3, 0.4) is 0 Å². The van der Waals surface area contributed by atoms with Crippen LogP contribution in [0.25, 0.3) is 16.8 Å². The fraction of sp³-hybridized carbons (Fsp3) is 0.133. The summed E-state index contributed by atoms with van der Waals surface area (Å²) in [4.78, 5) is 40.3. The average Bonchev–Trinajstić information content (AvgIpc) is 2.88. The minimum atomic E-state index is -0.636. The summed E-state index contributed by atoms with van der Waals surface area (Å²) in [6, 6.07) is 9.02. The number of esters is 1. The van der Waals surface area contributed by atoms with Gasteiger partial charge in [0.05, 0.1) is 12.2 Å². The van der Waals surface area contributed by atoms with Crippen LogP contribution in [0.2, 0.25) is 0 Å². The summed E-state index contributed by atoms with van der Waals surface area (Å²) in [6.07, 6.45) is 1.37. The molecule has 0 fully saturated rings. The molecule has 0 aliphatic rings. The number of hydrogen-bond donors (Lipinski definition) is 2. The number of H-pyrrole nitrogens is 2. The average molecular weight is 299 g/mol. The second-order valence-corrected chi connectivity index (χ2v) is 4.61. The zero-order chi connectivity index (χ0) is 15.7. The van der Waals surface area contributed by atoms with Crippen LogP contribution in [0.1, 0.15) is 17.3 Å². The molecule has 22 heavy (non-hydrogen) atoms. The minimum absolute atomic E-state index is 0.214. The lowest BCUT2D eigenvalue weighted by Crippen LogP contribution is -2.27. The highest BCUT2D eigenvalue weighted by molar-refractivity contribution is 6.01. The van der Waals surface area contributed by atoms with E-state index in [0.29, 0.717) is 11.1 Å². The lowest BCUT2D eigenvalue weighted by molar-refractivity contribution is 0.0527. The third-order valence-corrected chi connectivity index (χ3v) is 3.23. The summed E-state index contributed by atoms with van der Waals surface area (Å²) in [5.41, 5.74) is 0.384. The van der Waals surface area contributed by atoms with Gasteiger partial charge in [0.25, 0.3) is 0 Å². The molecule has 3 rings (SSSR count). The molecule has 2 aromatic heterocycles. The van der Waals surface area contributed by atoms with Crippen LogP contribution in [0.5, 0.6) is 0 Å². The molecule has 0 spiro atoms. The molecule has 0 saturated heterocycles. The van der Waals surface area contributed by atoms with E-state index in [1.165, 1.54) is 10.6 Å². The lowest BCUT2D eigenvalue weighted by Gasteiger charge is -2.04. The van der Waals surface area contributed by atoms with Crippen molar-refractivity contribution in [2.24, 2.45) is 0 Å². The van der Waals surface area contributed by atoms with Crippen molar-refractivity contribution in [2.75, 3.05) is 6.61 Å². The van der Waals surface area contributed by atoms with E-state index >= 15 is 0 Å². The predicted molar refractivity (Wildman–Crippen MR) is 80.0 cm³/mol. The van der Waals surface area contributed by atoms with E-state index in [0.717, 1.165) is 0 Å². The Bertz CT molecular complexity index is 950. The topological polar surface area (TPSA) is 96.4 Å². The third kappa shape index (κ3) is 2.22. The van der Waals surface area contributed by atoms with Crippen molar-refractivity contribution in [3.8, 4) is 11.1 Å². The number of carbonyl (C=O) groups is 1. The van der Waals surface area contributed by atoms with Crippen LogP contribution in [-0.2, 0) is 4.74 Å². The molecule has 0 aliphatic carbocycles. The standard InChI is InChI=1S/C15H13N3O4/c1-2-22-13(19)10-8-18-12(16-14(20)17-15(18)21)11(10)9-6-4-3-5-7-9/h3-8H,2H2,1H3,(H2,16,17,20,21). The molecule has 7 heteroatoms. The number of aromatic amines is 2. The Morgan fingerprint density at radius 1 is 1.18 bits per heavy atom. The molecule has 0 bridgehead atoms. The molecule has 7 nitrogen and oxygen atoms in total. The van der Waals surface area contributed by atoms with Crippen molar-refractivity contribution in [1.82, 2.24) is 14.4 Å². The Kier molecular flexibility index (Phi) is 3.38. The Morgan fingerprint density at radius 2 is 1.91 bits per heavy atom. The first-order chi connectivity index (χ1) is 10.6. The van der Waals surface area contributed by atoms with Crippen molar-refractivity contribution in [3.63, 3.8) is 0 Å². The van der Waals surface area contributed by atoms with Crippen LogP contribution < -0.4 is 11.4 Å². The van der Waals surface area contributed by atoms with Crippen molar-refractivity contribution in [3.05, 3.63) is 63.1 Å². The maximum Gasteiger partial charge on any atom is 0.340 e. The van der Waals surface area contributed by atoms with Crippen LogP contribution >= 0.6 is 0 Å². The number of benzene rings is 1. The van der Waals surface area contributed by atoms with Gasteiger partial charge in [0.15, 0.2) is 0 Å². The second kappa shape index (κ2) is 5.36. The number of aromatic nitrogens is 3. The molecule has 0 unspecified atom stereocenters. The van der Waals surface area contributed by atoms with Crippen LogP contribution in [-0.4, -0.2) is 26.9 Å². The number of fused-ring (bicyclic) bond motifs is 1. The first kappa shape index (κ1) is 13.9. The first-order valence-electron chi connectivity index (χ1n) is 6.72. The molecule has 2 heterocycles. The molecule has 0 radical (unpaired) electrons. The maximum absolute atomic E-state index is 12.2. The van der Waals surface area contributed by atoms with Gasteiger partial charge in [-0.1, -0.05) is 30.3 Å². The fourth-order valence-corrected chi connectivity index (χ4v) is 2.35. The van der Waals surface area contributed by atoms with Gasteiger partial charge in [-0.05, 0) is 12.5 Å². The third-order valence-electron chi connectivity index (χ3n) is 3.23. The molecule has 3 aromatic rings. The Labute approximate surface area is 124 Å². The van der Waals surface area contributed by atoms with Crippen molar-refractivity contribution >= 4 is 11.6 Å². The van der Waals surface area contributed by atoms with Gasteiger partial charge >= 0.3 is 17.3 Å². The maximum atomic E-state index is 12.2. The Hall–Kier alpha value is -3.09. The first-order valence-corrected chi connectivity index (χ1v) is 6.72. The predicted octanol–water partition coefficient (Wildman–Crippen LogP) is 1.16. The molecular weight excluding hydrogens is 286 g/mol. The minimum Gasteiger partial charge on any atom is -0.462 e. The van der Waals surface area contributed by atoms with Gasteiger partial charge in [-0.25, -0.2) is 14.4 Å². The number of nitrogens with one attached hydrogen (secondary N) is 2. The van der Waals surface area contributed by atoms with E-state index in [9.17, 15) is 14.4 Å². The largest absolute Gasteiger partial charge is 0.462 e. The van der Waals surface area contributed by atoms with Gasteiger partial charge in [-0.15, -0.1) is 0 Å². The smallest absolute Gasteiger partial charge is 0.340 e. The molecule has 0 saturated carbocycles. The monoisotopic (exact) mass is 299 g/mol. The van der Waals surface area contributed by atoms with Gasteiger partial charge in [0, 0.05) is 11.8 Å². The van der Waals surface area contributed by atoms with Gasteiger partial charge in [-0.2, -0.15) is 0 Å². The molecule has 0 amide bonds. The van der Waals surface area contributed by atoms with Gasteiger partial charge < -0.3 is 4.74 Å². The van der Waals surface area contributed by atoms with E-state index in [2.05, 4.69) is 9.97 Å². The number of ether oxygens (including phenoxy) is 1. The number of rotatable bonds is 3. The molecule has 2 N–H and O–H groups in total. The van der Waals surface area contributed by atoms with Crippen molar-refractivity contribution in [1.29, 1.82) is 0 Å². The molecule has 0 atom stereocenters. The molecule has 1 aromatic carbocycles. The zero-order valence-corrected chi connectivity index (χ0v) is 11.8. The van der Waals surface area contributed by atoms with Crippen molar-refractivity contribution in [2.45, 2.75) is 6.92 Å². The Balaban J connectivity index is 2.40. The summed E-state index contributed by atoms with van der Waals surface area (Å²) in [6.45, 7) is 1.91. The highest BCUT2D eigenvalue weighted by atomic mass is 16.5. The van der Waals surface area contributed by atoms with Crippen LogP contribution in [0.4, 0.5) is 0 Å². The van der Waals surface area contributed by atoms with E-state index in [1.807, 2.05) is 6.07 Å². The van der Waals surface area contributed by atoms with Crippen LogP contribution in [0, 0.1) is 0 Å². The normalized spacial score (nSPS) is 10.8. The van der Waals surface area contributed by atoms with E-state index in [1.54, 1.807) is 31.2 Å². The lowest BCUT2D eigenvalue weighted by atomic mass is 10.0. The summed E-state index contributed by atoms with van der Waals surface area (Å²) in [5, 5.41) is 0.